The van der Waals surface area contributed by atoms with Crippen molar-refractivity contribution in [2.75, 3.05) is 12.4 Å². The maximum Gasteiger partial charge on any atom is 0.223 e. The second kappa shape index (κ2) is 10.6. The van der Waals surface area contributed by atoms with Crippen LogP contribution in [0.25, 0.3) is 0 Å². The van der Waals surface area contributed by atoms with Crippen LogP contribution < -0.4 is 21.5 Å². The van der Waals surface area contributed by atoms with E-state index in [4.69, 9.17) is 16.2 Å². The predicted molar refractivity (Wildman–Crippen MR) is 120 cm³/mol. The molecule has 0 bridgehead atoms. The predicted octanol–water partition coefficient (Wildman–Crippen LogP) is 2.63. The smallest absolute Gasteiger partial charge is 0.223 e. The zero-order valence-electron chi connectivity index (χ0n) is 17.5. The van der Waals surface area contributed by atoms with Crippen molar-refractivity contribution in [3.8, 4) is 5.75 Å². The van der Waals surface area contributed by atoms with Crippen LogP contribution in [0.2, 0.25) is 0 Å². The molecule has 1 heterocycles. The second-order valence-electron chi connectivity index (χ2n) is 7.53. The van der Waals surface area contributed by atoms with Crippen molar-refractivity contribution < 1.29 is 4.74 Å². The first-order chi connectivity index (χ1) is 14.5. The number of hydrazone groups is 1. The van der Waals surface area contributed by atoms with Gasteiger partial charge in [0.05, 0.1) is 19.3 Å². The van der Waals surface area contributed by atoms with Gasteiger partial charge in [0.1, 0.15) is 11.6 Å². The van der Waals surface area contributed by atoms with Crippen LogP contribution in [0.15, 0.2) is 54.0 Å². The molecule has 1 aromatic carbocycles. The van der Waals surface area contributed by atoms with E-state index in [9.17, 15) is 0 Å². The molecule has 0 radical (unpaired) electrons. The quantitative estimate of drug-likeness (QED) is 0.431. The summed E-state index contributed by atoms with van der Waals surface area (Å²) in [5.41, 5.74) is 13.8. The summed E-state index contributed by atoms with van der Waals surface area (Å²) in [6.45, 7) is 4.34. The Hall–Kier alpha value is -3.13. The number of benzene rings is 1. The van der Waals surface area contributed by atoms with Gasteiger partial charge in [-0.15, -0.1) is 0 Å². The number of hydrogen-bond donors (Lipinski definition) is 3. The molecule has 0 amide bonds. The summed E-state index contributed by atoms with van der Waals surface area (Å²) in [7, 11) is 1.64. The third-order valence-electron chi connectivity index (χ3n) is 5.16. The third-order valence-corrected chi connectivity index (χ3v) is 5.16. The lowest BCUT2D eigenvalue weighted by Gasteiger charge is -2.26. The fourth-order valence-electron chi connectivity index (χ4n) is 3.38. The molecular weight excluding hydrogens is 378 g/mol. The Morgan fingerprint density at radius 1 is 1.27 bits per heavy atom. The average molecular weight is 410 g/mol. The molecule has 1 aromatic heterocycles. The number of aromatic nitrogens is 2. The molecule has 3 rings (SSSR count). The van der Waals surface area contributed by atoms with Crippen molar-refractivity contribution in [1.82, 2.24) is 15.0 Å². The Morgan fingerprint density at radius 2 is 2.00 bits per heavy atom. The van der Waals surface area contributed by atoms with Gasteiger partial charge in [-0.1, -0.05) is 18.7 Å². The molecule has 30 heavy (non-hydrogen) atoms. The molecule has 0 aliphatic heterocycles. The van der Waals surface area contributed by atoms with Gasteiger partial charge in [-0.2, -0.15) is 5.10 Å². The summed E-state index contributed by atoms with van der Waals surface area (Å²) in [6.07, 6.45) is 8.30. The van der Waals surface area contributed by atoms with Gasteiger partial charge >= 0.3 is 0 Å². The van der Waals surface area contributed by atoms with Crippen molar-refractivity contribution in [2.24, 2.45) is 16.6 Å². The number of nitrogens with zero attached hydrogens (tertiary/aromatic N) is 4. The van der Waals surface area contributed by atoms with E-state index in [1.54, 1.807) is 24.5 Å². The molecule has 0 spiro atoms. The van der Waals surface area contributed by atoms with Crippen LogP contribution in [0.3, 0.4) is 0 Å². The maximum atomic E-state index is 5.98. The molecule has 1 aliphatic carbocycles. The Morgan fingerprint density at radius 3 is 2.67 bits per heavy atom. The van der Waals surface area contributed by atoms with E-state index in [0.717, 1.165) is 42.7 Å². The molecule has 8 nitrogen and oxygen atoms in total. The molecule has 0 atom stereocenters. The van der Waals surface area contributed by atoms with Gasteiger partial charge in [0.2, 0.25) is 5.95 Å². The molecule has 1 saturated carbocycles. The van der Waals surface area contributed by atoms with E-state index >= 15 is 0 Å². The zero-order chi connectivity index (χ0) is 21.3. The summed E-state index contributed by atoms with van der Waals surface area (Å²) in [5, 5.41) is 9.55. The standard InChI is InChI=1S/C22H31N7O/c1-16(23)29(15-17-3-9-21(30-2)10-4-17)26-14-12-20-11-13-25-22(28-20)27-19-7-5-18(24)6-8-19/h3-4,9-11,13-14,18-19H,1,5-8,12,15,23-24H2,2H3,(H,25,27,28)/b26-14-. The van der Waals surface area contributed by atoms with Gasteiger partial charge < -0.3 is 21.5 Å². The minimum absolute atomic E-state index is 0.324. The lowest BCUT2D eigenvalue weighted by Crippen LogP contribution is -2.33. The lowest BCUT2D eigenvalue weighted by atomic mass is 9.92. The average Bonchev–Trinajstić information content (AvgIpc) is 2.75. The first-order valence-corrected chi connectivity index (χ1v) is 10.2. The Kier molecular flexibility index (Phi) is 7.62. The maximum absolute atomic E-state index is 5.98. The number of nitrogens with one attached hydrogen (secondary N) is 1. The van der Waals surface area contributed by atoms with Crippen molar-refractivity contribution in [3.05, 3.63) is 60.2 Å². The largest absolute Gasteiger partial charge is 0.497 e. The van der Waals surface area contributed by atoms with Crippen LogP contribution >= 0.6 is 0 Å². The van der Waals surface area contributed by atoms with Crippen molar-refractivity contribution >= 4 is 12.2 Å². The van der Waals surface area contributed by atoms with Gasteiger partial charge in [0.25, 0.3) is 0 Å². The van der Waals surface area contributed by atoms with Crippen LogP contribution in [0.5, 0.6) is 5.75 Å². The van der Waals surface area contributed by atoms with Crippen LogP contribution in [-0.2, 0) is 13.0 Å². The molecule has 1 fully saturated rings. The normalized spacial score (nSPS) is 18.9. The molecule has 0 saturated heterocycles. The number of methoxy groups -OCH3 is 1. The highest BCUT2D eigenvalue weighted by molar-refractivity contribution is 5.60. The van der Waals surface area contributed by atoms with E-state index < -0.39 is 0 Å². The van der Waals surface area contributed by atoms with Crippen LogP contribution in [0.4, 0.5) is 5.95 Å². The fourth-order valence-corrected chi connectivity index (χ4v) is 3.38. The highest BCUT2D eigenvalue weighted by Crippen LogP contribution is 2.19. The Balaban J connectivity index is 1.56. The summed E-state index contributed by atoms with van der Waals surface area (Å²) in [5.74, 6) is 1.84. The van der Waals surface area contributed by atoms with Crippen molar-refractivity contribution in [1.29, 1.82) is 0 Å². The second-order valence-corrected chi connectivity index (χ2v) is 7.53. The minimum atomic E-state index is 0.324. The summed E-state index contributed by atoms with van der Waals surface area (Å²) in [4.78, 5) is 8.94. The third kappa shape index (κ3) is 6.45. The van der Waals surface area contributed by atoms with Crippen LogP contribution in [0, 0.1) is 0 Å². The van der Waals surface area contributed by atoms with Crippen LogP contribution in [0.1, 0.15) is 36.9 Å². The monoisotopic (exact) mass is 409 g/mol. The first kappa shape index (κ1) is 21.6. The molecule has 0 unspecified atom stereocenters. The van der Waals surface area contributed by atoms with Crippen molar-refractivity contribution in [2.45, 2.75) is 50.7 Å². The Labute approximate surface area is 178 Å². The number of nitrogens with two attached hydrogens (primary N) is 2. The summed E-state index contributed by atoms with van der Waals surface area (Å²) >= 11 is 0. The molecule has 8 heteroatoms. The minimum Gasteiger partial charge on any atom is -0.497 e. The van der Waals surface area contributed by atoms with Gasteiger partial charge in [-0.05, 0) is 49.4 Å². The van der Waals surface area contributed by atoms with E-state index in [1.807, 2.05) is 30.3 Å². The molecule has 5 N–H and O–H groups in total. The van der Waals surface area contributed by atoms with Gasteiger partial charge in [0, 0.05) is 30.9 Å². The fraction of sp³-hybridized carbons (Fsp3) is 0.409. The lowest BCUT2D eigenvalue weighted by molar-refractivity contribution is 0.355. The molecule has 1 aliphatic rings. The number of hydrogen-bond acceptors (Lipinski definition) is 8. The summed E-state index contributed by atoms with van der Waals surface area (Å²) < 4.78 is 5.19. The SMILES string of the molecule is C=C(N)N(Cc1ccc(OC)cc1)/N=C\Cc1ccnc(NC2CCC(N)CC2)n1. The number of rotatable bonds is 9. The highest BCUT2D eigenvalue weighted by Gasteiger charge is 2.18. The van der Waals surface area contributed by atoms with E-state index in [0.29, 0.717) is 36.8 Å². The number of anilines is 1. The molecule has 160 valence electrons. The van der Waals surface area contributed by atoms with Gasteiger partial charge in [0.15, 0.2) is 0 Å². The Bertz CT molecular complexity index is 845. The van der Waals surface area contributed by atoms with Gasteiger partial charge in [-0.25, -0.2) is 15.0 Å². The highest BCUT2D eigenvalue weighted by atomic mass is 16.5. The molecule has 2 aromatic rings. The van der Waals surface area contributed by atoms with Crippen molar-refractivity contribution in [3.63, 3.8) is 0 Å². The van der Waals surface area contributed by atoms with Gasteiger partial charge in [-0.3, -0.25) is 0 Å². The topological polar surface area (TPSA) is 115 Å². The molecular formula is C22H31N7O. The first-order valence-electron chi connectivity index (χ1n) is 10.2. The zero-order valence-corrected chi connectivity index (χ0v) is 17.5. The van der Waals surface area contributed by atoms with Crippen LogP contribution in [-0.4, -0.2) is 40.4 Å². The summed E-state index contributed by atoms with van der Waals surface area (Å²) in [6, 6.07) is 10.4. The van der Waals surface area contributed by atoms with E-state index in [2.05, 4.69) is 27.0 Å². The van der Waals surface area contributed by atoms with E-state index in [-0.39, 0.29) is 0 Å². The number of ether oxygens (including phenoxy) is 1. The van der Waals surface area contributed by atoms with E-state index in [1.165, 1.54) is 0 Å².